The van der Waals surface area contributed by atoms with Crippen LogP contribution in [0.2, 0.25) is 0 Å². The fourth-order valence-corrected chi connectivity index (χ4v) is 2.57. The van der Waals surface area contributed by atoms with E-state index < -0.39 is 5.41 Å². The van der Waals surface area contributed by atoms with E-state index in [2.05, 4.69) is 5.10 Å². The van der Waals surface area contributed by atoms with Crippen molar-refractivity contribution in [2.45, 2.75) is 19.4 Å². The number of hydrogen-bond acceptors (Lipinski definition) is 4. The third-order valence-corrected chi connectivity index (χ3v) is 3.82. The van der Waals surface area contributed by atoms with Crippen LogP contribution in [0.3, 0.4) is 0 Å². The number of nitrogens with zero attached hydrogens (tertiary/aromatic N) is 3. The number of ether oxygens (including phenoxy) is 1. The normalized spacial score (nSPS) is 18.3. The summed E-state index contributed by atoms with van der Waals surface area (Å²) in [5.74, 6) is 0.113. The highest BCUT2D eigenvalue weighted by Crippen LogP contribution is 2.31. The molecule has 0 unspecified atom stereocenters. The molecule has 19 heavy (non-hydrogen) atoms. The first-order valence-electron chi connectivity index (χ1n) is 6.58. The number of hydrogen-bond donors (Lipinski definition) is 1. The highest BCUT2D eigenvalue weighted by molar-refractivity contribution is 5.83. The zero-order chi connectivity index (χ0) is 13.9. The molecule has 0 aliphatic carbocycles. The van der Waals surface area contributed by atoms with Crippen molar-refractivity contribution in [2.75, 3.05) is 26.8 Å². The lowest BCUT2D eigenvalue weighted by molar-refractivity contribution is -0.146. The molecule has 0 aromatic carbocycles. The molecule has 1 fully saturated rings. The van der Waals surface area contributed by atoms with E-state index in [1.54, 1.807) is 15.8 Å². The van der Waals surface area contributed by atoms with E-state index in [0.29, 0.717) is 39.1 Å². The summed E-state index contributed by atoms with van der Waals surface area (Å²) in [4.78, 5) is 14.4. The van der Waals surface area contributed by atoms with Gasteiger partial charge in [-0.3, -0.25) is 9.48 Å². The predicted molar refractivity (Wildman–Crippen MR) is 71.2 cm³/mol. The van der Waals surface area contributed by atoms with Gasteiger partial charge >= 0.3 is 0 Å². The number of amides is 1. The number of carbonyl (C=O) groups is 1. The van der Waals surface area contributed by atoms with Crippen molar-refractivity contribution in [2.24, 2.45) is 18.2 Å². The Morgan fingerprint density at radius 3 is 2.79 bits per heavy atom. The van der Waals surface area contributed by atoms with E-state index in [-0.39, 0.29) is 5.91 Å². The van der Waals surface area contributed by atoms with Gasteiger partial charge in [-0.2, -0.15) is 5.10 Å². The van der Waals surface area contributed by atoms with Gasteiger partial charge in [-0.15, -0.1) is 0 Å². The lowest BCUT2D eigenvalue weighted by Crippen LogP contribution is -2.49. The molecule has 2 heterocycles. The molecule has 2 N–H and O–H groups in total. The summed E-state index contributed by atoms with van der Waals surface area (Å²) in [6.45, 7) is 2.18. The third-order valence-electron chi connectivity index (χ3n) is 3.82. The highest BCUT2D eigenvalue weighted by atomic mass is 16.5. The van der Waals surface area contributed by atoms with Gasteiger partial charge in [-0.05, 0) is 12.8 Å². The van der Waals surface area contributed by atoms with Gasteiger partial charge in [0.2, 0.25) is 5.91 Å². The monoisotopic (exact) mass is 266 g/mol. The summed E-state index contributed by atoms with van der Waals surface area (Å²) in [5.41, 5.74) is 6.43. The first kappa shape index (κ1) is 14.0. The molecule has 106 valence electrons. The fraction of sp³-hybridized carbons (Fsp3) is 0.692. The third kappa shape index (κ3) is 2.96. The van der Waals surface area contributed by atoms with Gasteiger partial charge in [0.05, 0.1) is 11.6 Å². The number of aromatic nitrogens is 2. The van der Waals surface area contributed by atoms with E-state index in [9.17, 15) is 4.79 Å². The second kappa shape index (κ2) is 5.71. The molecule has 6 heteroatoms. The average Bonchev–Trinajstić information content (AvgIpc) is 2.84. The molecule has 1 aliphatic rings. The van der Waals surface area contributed by atoms with E-state index in [0.717, 1.165) is 5.56 Å². The molecular formula is C13H22N4O2. The Kier molecular flexibility index (Phi) is 4.21. The maximum Gasteiger partial charge on any atom is 0.230 e. The van der Waals surface area contributed by atoms with Gasteiger partial charge in [0.1, 0.15) is 0 Å². The fourth-order valence-electron chi connectivity index (χ4n) is 2.57. The van der Waals surface area contributed by atoms with Crippen LogP contribution in [0.25, 0.3) is 0 Å². The Morgan fingerprint density at radius 1 is 1.58 bits per heavy atom. The minimum atomic E-state index is -0.449. The second-order valence-electron chi connectivity index (χ2n) is 5.28. The zero-order valence-corrected chi connectivity index (χ0v) is 11.6. The SMILES string of the molecule is CN(Cc1cnn(C)c1)C(=O)C1(CN)CCOCC1. The lowest BCUT2D eigenvalue weighted by atomic mass is 9.79. The van der Waals surface area contributed by atoms with Crippen molar-refractivity contribution in [3.63, 3.8) is 0 Å². The van der Waals surface area contributed by atoms with Crippen molar-refractivity contribution in [3.05, 3.63) is 18.0 Å². The minimum absolute atomic E-state index is 0.113. The quantitative estimate of drug-likeness (QED) is 0.841. The van der Waals surface area contributed by atoms with Gasteiger partial charge in [-0.1, -0.05) is 0 Å². The molecule has 6 nitrogen and oxygen atoms in total. The standard InChI is InChI=1S/C13H22N4O2/c1-16(8-11-7-15-17(2)9-11)12(18)13(10-14)3-5-19-6-4-13/h7,9H,3-6,8,10,14H2,1-2H3. The molecule has 0 radical (unpaired) electrons. The topological polar surface area (TPSA) is 73.4 Å². The van der Waals surface area contributed by atoms with Gasteiger partial charge < -0.3 is 15.4 Å². The molecule has 0 saturated carbocycles. The summed E-state index contributed by atoms with van der Waals surface area (Å²) < 4.78 is 7.08. The van der Waals surface area contributed by atoms with Crippen LogP contribution in [0, 0.1) is 5.41 Å². The van der Waals surface area contributed by atoms with Crippen molar-refractivity contribution in [1.82, 2.24) is 14.7 Å². The Morgan fingerprint density at radius 2 is 2.26 bits per heavy atom. The van der Waals surface area contributed by atoms with E-state index >= 15 is 0 Å². The number of aryl methyl sites for hydroxylation is 1. The van der Waals surface area contributed by atoms with Gasteiger partial charge in [0.25, 0.3) is 0 Å². The Labute approximate surface area is 113 Å². The number of rotatable bonds is 4. The first-order valence-corrected chi connectivity index (χ1v) is 6.58. The van der Waals surface area contributed by atoms with Crippen molar-refractivity contribution >= 4 is 5.91 Å². The van der Waals surface area contributed by atoms with Crippen LogP contribution in [-0.2, 0) is 23.1 Å². The van der Waals surface area contributed by atoms with Crippen LogP contribution in [0.5, 0.6) is 0 Å². The number of nitrogens with two attached hydrogens (primary N) is 1. The smallest absolute Gasteiger partial charge is 0.230 e. The van der Waals surface area contributed by atoms with Gasteiger partial charge in [-0.25, -0.2) is 0 Å². The van der Waals surface area contributed by atoms with E-state index in [1.165, 1.54) is 0 Å². The Bertz CT molecular complexity index is 438. The summed E-state index contributed by atoms with van der Waals surface area (Å²) in [5, 5.41) is 4.11. The maximum absolute atomic E-state index is 12.6. The first-order chi connectivity index (χ1) is 9.07. The lowest BCUT2D eigenvalue weighted by Gasteiger charge is -2.37. The minimum Gasteiger partial charge on any atom is -0.381 e. The molecule has 1 saturated heterocycles. The van der Waals surface area contributed by atoms with Crippen molar-refractivity contribution in [3.8, 4) is 0 Å². The summed E-state index contributed by atoms with van der Waals surface area (Å²) in [6.07, 6.45) is 5.12. The maximum atomic E-state index is 12.6. The van der Waals surface area contributed by atoms with Crippen LogP contribution in [-0.4, -0.2) is 47.4 Å². The summed E-state index contributed by atoms with van der Waals surface area (Å²) in [6, 6.07) is 0. The molecule has 1 aromatic rings. The average molecular weight is 266 g/mol. The van der Waals surface area contributed by atoms with Crippen LogP contribution in [0.4, 0.5) is 0 Å². The molecule has 1 aliphatic heterocycles. The molecular weight excluding hydrogens is 244 g/mol. The predicted octanol–water partition coefficient (Wildman–Crippen LogP) is 0.134. The molecule has 1 aromatic heterocycles. The molecule has 2 rings (SSSR count). The molecule has 0 spiro atoms. The zero-order valence-electron chi connectivity index (χ0n) is 11.6. The highest BCUT2D eigenvalue weighted by Gasteiger charge is 2.40. The Hall–Kier alpha value is -1.40. The van der Waals surface area contributed by atoms with Crippen molar-refractivity contribution < 1.29 is 9.53 Å². The Balaban J connectivity index is 2.04. The molecule has 1 amide bonds. The molecule has 0 bridgehead atoms. The van der Waals surface area contributed by atoms with Crippen LogP contribution in [0.1, 0.15) is 18.4 Å². The van der Waals surface area contributed by atoms with Gasteiger partial charge in [0.15, 0.2) is 0 Å². The van der Waals surface area contributed by atoms with E-state index in [4.69, 9.17) is 10.5 Å². The number of carbonyl (C=O) groups excluding carboxylic acids is 1. The van der Waals surface area contributed by atoms with Gasteiger partial charge in [0, 0.05) is 52.2 Å². The molecule has 0 atom stereocenters. The second-order valence-corrected chi connectivity index (χ2v) is 5.28. The largest absolute Gasteiger partial charge is 0.381 e. The van der Waals surface area contributed by atoms with Crippen LogP contribution < -0.4 is 5.73 Å². The van der Waals surface area contributed by atoms with Crippen LogP contribution >= 0.6 is 0 Å². The summed E-state index contributed by atoms with van der Waals surface area (Å²) in [7, 11) is 3.69. The summed E-state index contributed by atoms with van der Waals surface area (Å²) >= 11 is 0. The van der Waals surface area contributed by atoms with Crippen molar-refractivity contribution in [1.29, 1.82) is 0 Å². The van der Waals surface area contributed by atoms with E-state index in [1.807, 2.05) is 20.3 Å². The van der Waals surface area contributed by atoms with Crippen LogP contribution in [0.15, 0.2) is 12.4 Å².